The molecule has 0 saturated heterocycles. The molecule has 4 heteroatoms. The van der Waals surface area contributed by atoms with Gasteiger partial charge in [-0.1, -0.05) is 6.08 Å². The molecule has 4 nitrogen and oxygen atoms in total. The molecular weight excluding hydrogens is 180 g/mol. The minimum atomic E-state index is -0.421. The lowest BCUT2D eigenvalue weighted by Crippen LogP contribution is -2.40. The lowest BCUT2D eigenvalue weighted by atomic mass is 10.1. The van der Waals surface area contributed by atoms with Crippen molar-refractivity contribution < 1.29 is 9.53 Å². The Morgan fingerprint density at radius 1 is 1.71 bits per heavy atom. The van der Waals surface area contributed by atoms with Gasteiger partial charge < -0.3 is 15.8 Å². The Hall–Kier alpha value is -0.870. The Morgan fingerprint density at radius 2 is 2.43 bits per heavy atom. The molecule has 0 radical (unpaired) electrons. The van der Waals surface area contributed by atoms with Crippen molar-refractivity contribution in [1.29, 1.82) is 0 Å². The molecule has 1 amide bonds. The molecule has 0 spiro atoms. The maximum Gasteiger partial charge on any atom is 0.236 e. The van der Waals surface area contributed by atoms with Crippen molar-refractivity contribution in [3.8, 4) is 0 Å². The first kappa shape index (κ1) is 13.1. The van der Waals surface area contributed by atoms with Gasteiger partial charge in [-0.3, -0.25) is 4.79 Å². The molecule has 1 atom stereocenters. The van der Waals surface area contributed by atoms with Gasteiger partial charge in [0, 0.05) is 20.3 Å². The third kappa shape index (κ3) is 6.62. The molecule has 0 aromatic heterocycles. The van der Waals surface area contributed by atoms with E-state index in [1.807, 2.05) is 0 Å². The van der Waals surface area contributed by atoms with Crippen LogP contribution in [-0.2, 0) is 9.53 Å². The molecule has 0 heterocycles. The summed E-state index contributed by atoms with van der Waals surface area (Å²) in [6, 6.07) is -0.421. The van der Waals surface area contributed by atoms with Crippen molar-refractivity contribution in [2.75, 3.05) is 20.3 Å². The van der Waals surface area contributed by atoms with Crippen LogP contribution < -0.4 is 11.1 Å². The first-order valence-electron chi connectivity index (χ1n) is 4.85. The van der Waals surface area contributed by atoms with Crippen molar-refractivity contribution in [2.24, 2.45) is 5.73 Å². The lowest BCUT2D eigenvalue weighted by molar-refractivity contribution is -0.122. The van der Waals surface area contributed by atoms with Crippen molar-refractivity contribution in [3.63, 3.8) is 0 Å². The van der Waals surface area contributed by atoms with Crippen molar-refractivity contribution >= 4 is 5.91 Å². The molecule has 1 unspecified atom stereocenters. The number of nitrogens with two attached hydrogens (primary N) is 1. The average molecular weight is 200 g/mol. The Morgan fingerprint density at radius 3 is 3.00 bits per heavy atom. The zero-order chi connectivity index (χ0) is 10.8. The maximum atomic E-state index is 11.3. The van der Waals surface area contributed by atoms with Crippen molar-refractivity contribution in [3.05, 3.63) is 12.7 Å². The fraction of sp³-hybridized carbons (Fsp3) is 0.700. The standard InChI is InChI=1S/C10H20N2O2/c1-3-4-7-12-10(13)9(11)6-5-8-14-2/h3,9H,1,4-8,11H2,2H3,(H,12,13). The van der Waals surface area contributed by atoms with Gasteiger partial charge in [-0.2, -0.15) is 0 Å². The summed E-state index contributed by atoms with van der Waals surface area (Å²) in [5.74, 6) is -0.0945. The van der Waals surface area contributed by atoms with E-state index >= 15 is 0 Å². The number of methoxy groups -OCH3 is 1. The van der Waals surface area contributed by atoms with Crippen molar-refractivity contribution in [2.45, 2.75) is 25.3 Å². The molecule has 3 N–H and O–H groups in total. The minimum Gasteiger partial charge on any atom is -0.385 e. The van der Waals surface area contributed by atoms with E-state index in [9.17, 15) is 4.79 Å². The minimum absolute atomic E-state index is 0.0945. The second-order valence-electron chi connectivity index (χ2n) is 3.11. The summed E-state index contributed by atoms with van der Waals surface area (Å²) in [5, 5.41) is 2.73. The summed E-state index contributed by atoms with van der Waals surface area (Å²) in [6.45, 7) is 4.82. The fourth-order valence-electron chi connectivity index (χ4n) is 1.01. The molecule has 14 heavy (non-hydrogen) atoms. The molecule has 82 valence electrons. The van der Waals surface area contributed by atoms with Gasteiger partial charge >= 0.3 is 0 Å². The van der Waals surface area contributed by atoms with E-state index in [1.54, 1.807) is 13.2 Å². The molecule has 0 saturated carbocycles. The highest BCUT2D eigenvalue weighted by molar-refractivity contribution is 5.81. The predicted octanol–water partition coefficient (Wildman–Crippen LogP) is 0.433. The van der Waals surface area contributed by atoms with Crippen LogP contribution in [0.2, 0.25) is 0 Å². The van der Waals surface area contributed by atoms with E-state index in [-0.39, 0.29) is 5.91 Å². The van der Waals surface area contributed by atoms with Gasteiger partial charge in [-0.05, 0) is 19.3 Å². The number of nitrogens with one attached hydrogen (secondary N) is 1. The molecule has 0 aromatic rings. The van der Waals surface area contributed by atoms with Gasteiger partial charge in [0.1, 0.15) is 0 Å². The number of carbonyl (C=O) groups excluding carboxylic acids is 1. The zero-order valence-corrected chi connectivity index (χ0v) is 8.79. The molecule has 0 fully saturated rings. The third-order valence-electron chi connectivity index (χ3n) is 1.85. The van der Waals surface area contributed by atoms with E-state index in [0.29, 0.717) is 19.6 Å². The Balaban J connectivity index is 3.49. The molecule has 0 aliphatic heterocycles. The van der Waals surface area contributed by atoms with Crippen LogP contribution in [0, 0.1) is 0 Å². The van der Waals surface area contributed by atoms with E-state index < -0.39 is 6.04 Å². The summed E-state index contributed by atoms with van der Waals surface area (Å²) in [7, 11) is 1.63. The number of hydrogen-bond donors (Lipinski definition) is 2. The van der Waals surface area contributed by atoms with Gasteiger partial charge in [0.25, 0.3) is 0 Å². The molecule has 0 bridgehead atoms. The van der Waals surface area contributed by atoms with E-state index in [4.69, 9.17) is 10.5 Å². The summed E-state index contributed by atoms with van der Waals surface area (Å²) in [5.41, 5.74) is 5.65. The first-order chi connectivity index (χ1) is 6.72. The van der Waals surface area contributed by atoms with Crippen LogP contribution in [0.5, 0.6) is 0 Å². The zero-order valence-electron chi connectivity index (χ0n) is 8.79. The van der Waals surface area contributed by atoms with Gasteiger partial charge in [0.15, 0.2) is 0 Å². The van der Waals surface area contributed by atoms with E-state index in [0.717, 1.165) is 12.8 Å². The summed E-state index contributed by atoms with van der Waals surface area (Å²) < 4.78 is 4.87. The molecular formula is C10H20N2O2. The van der Waals surface area contributed by atoms with Gasteiger partial charge in [0.05, 0.1) is 6.04 Å². The second-order valence-corrected chi connectivity index (χ2v) is 3.11. The van der Waals surface area contributed by atoms with Crippen LogP contribution >= 0.6 is 0 Å². The number of hydrogen-bond acceptors (Lipinski definition) is 3. The van der Waals surface area contributed by atoms with Gasteiger partial charge in [0.2, 0.25) is 5.91 Å². The highest BCUT2D eigenvalue weighted by atomic mass is 16.5. The Bertz CT molecular complexity index is 172. The van der Waals surface area contributed by atoms with Crippen molar-refractivity contribution in [1.82, 2.24) is 5.32 Å². The highest BCUT2D eigenvalue weighted by Gasteiger charge is 2.11. The van der Waals surface area contributed by atoms with Gasteiger partial charge in [-0.25, -0.2) is 0 Å². The van der Waals surface area contributed by atoms with Gasteiger partial charge in [-0.15, -0.1) is 6.58 Å². The Labute approximate surface area is 85.5 Å². The fourth-order valence-corrected chi connectivity index (χ4v) is 1.01. The Kier molecular flexibility index (Phi) is 8.17. The normalized spacial score (nSPS) is 12.1. The van der Waals surface area contributed by atoms with Crippen LogP contribution in [0.25, 0.3) is 0 Å². The van der Waals surface area contributed by atoms with Crippen LogP contribution in [-0.4, -0.2) is 32.2 Å². The largest absolute Gasteiger partial charge is 0.385 e. The molecule has 0 aromatic carbocycles. The summed E-state index contributed by atoms with van der Waals surface area (Å²) >= 11 is 0. The predicted molar refractivity (Wildman–Crippen MR) is 56.9 cm³/mol. The third-order valence-corrected chi connectivity index (χ3v) is 1.85. The first-order valence-corrected chi connectivity index (χ1v) is 4.85. The van der Waals surface area contributed by atoms with E-state index in [1.165, 1.54) is 0 Å². The number of amides is 1. The summed E-state index contributed by atoms with van der Waals surface area (Å²) in [4.78, 5) is 11.3. The highest BCUT2D eigenvalue weighted by Crippen LogP contribution is 1.94. The van der Waals surface area contributed by atoms with E-state index in [2.05, 4.69) is 11.9 Å². The lowest BCUT2D eigenvalue weighted by Gasteiger charge is -2.10. The topological polar surface area (TPSA) is 64.4 Å². The van der Waals surface area contributed by atoms with Crippen LogP contribution in [0.4, 0.5) is 0 Å². The molecule has 0 aliphatic carbocycles. The van der Waals surface area contributed by atoms with Crippen LogP contribution in [0.15, 0.2) is 12.7 Å². The number of rotatable bonds is 8. The number of carbonyl (C=O) groups is 1. The smallest absolute Gasteiger partial charge is 0.236 e. The SMILES string of the molecule is C=CCCNC(=O)C(N)CCCOC. The second kappa shape index (κ2) is 8.72. The monoisotopic (exact) mass is 200 g/mol. The maximum absolute atomic E-state index is 11.3. The number of ether oxygens (including phenoxy) is 1. The van der Waals surface area contributed by atoms with Crippen LogP contribution in [0.1, 0.15) is 19.3 Å². The van der Waals surface area contributed by atoms with Crippen LogP contribution in [0.3, 0.4) is 0 Å². The average Bonchev–Trinajstić information content (AvgIpc) is 2.18. The summed E-state index contributed by atoms with van der Waals surface area (Å²) in [6.07, 6.45) is 4.01. The molecule has 0 aliphatic rings. The molecule has 0 rings (SSSR count). The quantitative estimate of drug-likeness (QED) is 0.441.